The number of nitrogens with zero attached hydrogens (tertiary/aromatic N) is 3. The zero-order valence-electron chi connectivity index (χ0n) is 14.2. The minimum Gasteiger partial charge on any atom is -0.293 e. The van der Waals surface area contributed by atoms with Crippen molar-refractivity contribution in [3.8, 4) is 11.1 Å². The Labute approximate surface area is 140 Å². The molecule has 0 saturated heterocycles. The van der Waals surface area contributed by atoms with E-state index < -0.39 is 0 Å². The summed E-state index contributed by atoms with van der Waals surface area (Å²) in [5, 5.41) is 3.21. The molecule has 1 saturated carbocycles. The Morgan fingerprint density at radius 2 is 2.00 bits per heavy atom. The molecule has 1 fully saturated rings. The first-order valence-electron chi connectivity index (χ1n) is 8.69. The summed E-state index contributed by atoms with van der Waals surface area (Å²) in [6, 6.07) is 3.90. The van der Waals surface area contributed by atoms with Crippen LogP contribution in [0.2, 0.25) is 0 Å². The van der Waals surface area contributed by atoms with Gasteiger partial charge in [-0.05, 0) is 38.7 Å². The normalized spacial score (nSPS) is 15.9. The fourth-order valence-corrected chi connectivity index (χ4v) is 4.02. The van der Waals surface area contributed by atoms with Crippen LogP contribution in [0.3, 0.4) is 0 Å². The summed E-state index contributed by atoms with van der Waals surface area (Å²) in [7, 11) is 0. The Bertz CT molecular complexity index is 933. The number of hydrogen-bond acceptors (Lipinski definition) is 3. The third-order valence-electron chi connectivity index (χ3n) is 5.15. The molecule has 1 N–H and O–H groups in total. The summed E-state index contributed by atoms with van der Waals surface area (Å²) >= 11 is 0. The number of nitrogens with one attached hydrogen (secondary N) is 1. The monoisotopic (exact) mass is 322 g/mol. The van der Waals surface area contributed by atoms with Gasteiger partial charge in [0.1, 0.15) is 0 Å². The molecule has 0 aliphatic heterocycles. The molecule has 24 heavy (non-hydrogen) atoms. The van der Waals surface area contributed by atoms with Crippen molar-refractivity contribution in [3.05, 3.63) is 51.8 Å². The zero-order valence-corrected chi connectivity index (χ0v) is 14.2. The molecule has 3 aromatic heterocycles. The quantitative estimate of drug-likeness (QED) is 0.781. The van der Waals surface area contributed by atoms with Gasteiger partial charge < -0.3 is 0 Å². The molecule has 0 aromatic carbocycles. The van der Waals surface area contributed by atoms with E-state index in [0.29, 0.717) is 11.6 Å². The summed E-state index contributed by atoms with van der Waals surface area (Å²) in [6.07, 6.45) is 9.44. The number of pyridine rings is 1. The third-order valence-corrected chi connectivity index (χ3v) is 5.15. The van der Waals surface area contributed by atoms with Crippen LogP contribution < -0.4 is 5.56 Å². The smallest absolute Gasteiger partial charge is 0.276 e. The third kappa shape index (κ3) is 2.35. The highest BCUT2D eigenvalue weighted by atomic mass is 16.1. The summed E-state index contributed by atoms with van der Waals surface area (Å²) in [4.78, 5) is 22.1. The van der Waals surface area contributed by atoms with Crippen molar-refractivity contribution in [2.24, 2.45) is 0 Å². The molecule has 0 bridgehead atoms. The molecule has 3 heterocycles. The molecule has 5 nitrogen and oxygen atoms in total. The van der Waals surface area contributed by atoms with Gasteiger partial charge in [0.15, 0.2) is 5.65 Å². The topological polar surface area (TPSA) is 63.1 Å². The Balaban J connectivity index is 1.94. The SMILES string of the molecule is Cc1nc2c(-c3cccnc3)c(C)[nH]n2c(=O)c1C1CCCCC1. The Hall–Kier alpha value is -2.43. The van der Waals surface area contributed by atoms with Crippen molar-refractivity contribution in [1.82, 2.24) is 19.6 Å². The molecule has 1 aliphatic carbocycles. The van der Waals surface area contributed by atoms with E-state index in [2.05, 4.69) is 10.1 Å². The number of aromatic amines is 1. The van der Waals surface area contributed by atoms with Crippen LogP contribution in [0, 0.1) is 13.8 Å². The van der Waals surface area contributed by atoms with Gasteiger partial charge in [0.05, 0.1) is 0 Å². The van der Waals surface area contributed by atoms with Gasteiger partial charge in [-0.3, -0.25) is 14.9 Å². The van der Waals surface area contributed by atoms with Gasteiger partial charge in [-0.1, -0.05) is 25.3 Å². The Kier molecular flexibility index (Phi) is 3.71. The maximum Gasteiger partial charge on any atom is 0.276 e. The van der Waals surface area contributed by atoms with Gasteiger partial charge in [0, 0.05) is 40.5 Å². The van der Waals surface area contributed by atoms with Crippen LogP contribution in [0.15, 0.2) is 29.3 Å². The van der Waals surface area contributed by atoms with Gasteiger partial charge in [-0.15, -0.1) is 0 Å². The van der Waals surface area contributed by atoms with Gasteiger partial charge in [0.2, 0.25) is 0 Å². The number of fused-ring (bicyclic) bond motifs is 1. The maximum absolute atomic E-state index is 13.1. The van der Waals surface area contributed by atoms with Crippen LogP contribution in [0.25, 0.3) is 16.8 Å². The first-order valence-corrected chi connectivity index (χ1v) is 8.69. The lowest BCUT2D eigenvalue weighted by Crippen LogP contribution is -2.25. The van der Waals surface area contributed by atoms with E-state index in [1.165, 1.54) is 19.3 Å². The molecular formula is C19H22N4O. The van der Waals surface area contributed by atoms with Crippen LogP contribution in [-0.4, -0.2) is 19.6 Å². The molecule has 0 amide bonds. The zero-order chi connectivity index (χ0) is 16.7. The van der Waals surface area contributed by atoms with Crippen molar-refractivity contribution in [3.63, 3.8) is 0 Å². The van der Waals surface area contributed by atoms with Gasteiger partial charge >= 0.3 is 0 Å². The molecule has 0 atom stereocenters. The second-order valence-electron chi connectivity index (χ2n) is 6.76. The number of hydrogen-bond donors (Lipinski definition) is 1. The molecule has 3 aromatic rings. The molecule has 0 spiro atoms. The highest BCUT2D eigenvalue weighted by Gasteiger charge is 2.24. The Morgan fingerprint density at radius 3 is 2.71 bits per heavy atom. The fraction of sp³-hybridized carbons (Fsp3) is 0.421. The van der Waals surface area contributed by atoms with E-state index in [-0.39, 0.29) is 5.56 Å². The van der Waals surface area contributed by atoms with Crippen molar-refractivity contribution in [1.29, 1.82) is 0 Å². The van der Waals surface area contributed by atoms with Crippen molar-refractivity contribution in [2.75, 3.05) is 0 Å². The lowest BCUT2D eigenvalue weighted by atomic mass is 9.84. The van der Waals surface area contributed by atoms with Crippen LogP contribution in [0.5, 0.6) is 0 Å². The molecule has 1 aliphatic rings. The Morgan fingerprint density at radius 1 is 1.21 bits per heavy atom. The summed E-state index contributed by atoms with van der Waals surface area (Å²) in [5.74, 6) is 0.348. The minimum absolute atomic E-state index is 0.0580. The van der Waals surface area contributed by atoms with Crippen LogP contribution >= 0.6 is 0 Å². The average molecular weight is 322 g/mol. The summed E-state index contributed by atoms with van der Waals surface area (Å²) in [6.45, 7) is 3.95. The van der Waals surface area contributed by atoms with Crippen molar-refractivity contribution >= 4 is 5.65 Å². The lowest BCUT2D eigenvalue weighted by molar-refractivity contribution is 0.437. The van der Waals surface area contributed by atoms with E-state index in [0.717, 1.165) is 40.9 Å². The molecular weight excluding hydrogens is 300 g/mol. The van der Waals surface area contributed by atoms with E-state index in [1.54, 1.807) is 10.7 Å². The van der Waals surface area contributed by atoms with Gasteiger partial charge in [-0.2, -0.15) is 0 Å². The van der Waals surface area contributed by atoms with Gasteiger partial charge in [-0.25, -0.2) is 9.50 Å². The van der Waals surface area contributed by atoms with Crippen LogP contribution in [0.1, 0.15) is 55.0 Å². The fourth-order valence-electron chi connectivity index (χ4n) is 4.02. The predicted molar refractivity (Wildman–Crippen MR) is 94.3 cm³/mol. The van der Waals surface area contributed by atoms with Crippen molar-refractivity contribution in [2.45, 2.75) is 51.9 Å². The second-order valence-corrected chi connectivity index (χ2v) is 6.76. The average Bonchev–Trinajstić information content (AvgIpc) is 2.93. The number of aryl methyl sites for hydroxylation is 2. The molecule has 0 unspecified atom stereocenters. The van der Waals surface area contributed by atoms with E-state index in [1.807, 2.05) is 32.2 Å². The molecule has 4 rings (SSSR count). The standard InChI is InChI=1S/C19H22N4O/c1-12-17(14-7-4-3-5-8-14)19(24)23-18(21-12)16(13(2)22-23)15-9-6-10-20-11-15/h6,9-11,14,22H,3-5,7-8H2,1-2H3. The van der Waals surface area contributed by atoms with Crippen LogP contribution in [-0.2, 0) is 0 Å². The highest BCUT2D eigenvalue weighted by molar-refractivity contribution is 5.79. The lowest BCUT2D eigenvalue weighted by Gasteiger charge is -2.22. The first-order chi connectivity index (χ1) is 11.7. The molecule has 0 radical (unpaired) electrons. The van der Waals surface area contributed by atoms with E-state index >= 15 is 0 Å². The summed E-state index contributed by atoms with van der Waals surface area (Å²) < 4.78 is 1.62. The largest absolute Gasteiger partial charge is 0.293 e. The summed E-state index contributed by atoms with van der Waals surface area (Å²) in [5.41, 5.74) is 5.39. The van der Waals surface area contributed by atoms with E-state index in [4.69, 9.17) is 4.98 Å². The van der Waals surface area contributed by atoms with Gasteiger partial charge in [0.25, 0.3) is 5.56 Å². The minimum atomic E-state index is 0.0580. The molecule has 5 heteroatoms. The first kappa shape index (κ1) is 15.1. The van der Waals surface area contributed by atoms with Crippen molar-refractivity contribution < 1.29 is 0 Å². The highest BCUT2D eigenvalue weighted by Crippen LogP contribution is 2.33. The van der Waals surface area contributed by atoms with E-state index in [9.17, 15) is 4.79 Å². The second kappa shape index (κ2) is 5.89. The number of rotatable bonds is 2. The number of aromatic nitrogens is 4. The molecule has 124 valence electrons. The maximum atomic E-state index is 13.1. The predicted octanol–water partition coefficient (Wildman–Crippen LogP) is 3.75. The van der Waals surface area contributed by atoms with Crippen LogP contribution in [0.4, 0.5) is 0 Å². The number of H-pyrrole nitrogens is 1.